The molecule has 0 spiro atoms. The number of benzene rings is 1. The number of hydrogen-bond donors (Lipinski definition) is 1. The maximum atomic E-state index is 12.7. The summed E-state index contributed by atoms with van der Waals surface area (Å²) in [4.78, 5) is 26.3. The largest absolute Gasteiger partial charge is 0.371 e. The van der Waals surface area contributed by atoms with Crippen molar-refractivity contribution in [1.29, 1.82) is 0 Å². The Morgan fingerprint density at radius 2 is 2.03 bits per heavy atom. The second-order valence-corrected chi connectivity index (χ2v) is 9.75. The highest BCUT2D eigenvalue weighted by molar-refractivity contribution is 7.89. The van der Waals surface area contributed by atoms with Crippen LogP contribution in [0.3, 0.4) is 0 Å². The average Bonchev–Trinajstić information content (AvgIpc) is 3.20. The van der Waals surface area contributed by atoms with Crippen molar-refractivity contribution in [3.63, 3.8) is 0 Å². The van der Waals surface area contributed by atoms with E-state index in [1.54, 1.807) is 30.1 Å². The van der Waals surface area contributed by atoms with Crippen molar-refractivity contribution < 1.29 is 18.1 Å². The van der Waals surface area contributed by atoms with Crippen molar-refractivity contribution in [1.82, 2.24) is 9.21 Å². The summed E-state index contributed by atoms with van der Waals surface area (Å²) in [5.41, 5.74) is 0.867. The van der Waals surface area contributed by atoms with Gasteiger partial charge in [-0.05, 0) is 35.6 Å². The topological polar surface area (TPSA) is 113 Å². The van der Waals surface area contributed by atoms with Crippen LogP contribution in [-0.4, -0.2) is 54.6 Å². The Bertz CT molecular complexity index is 1050. The molecule has 0 radical (unpaired) electrons. The first-order valence-electron chi connectivity index (χ1n) is 9.63. The number of carbonyl (C=O) groups is 1. The summed E-state index contributed by atoms with van der Waals surface area (Å²) in [5.74, 6) is -0.166. The third-order valence-corrected chi connectivity index (χ3v) is 8.17. The van der Waals surface area contributed by atoms with Crippen LogP contribution >= 0.6 is 11.3 Å². The molecule has 0 fully saturated rings. The lowest BCUT2D eigenvalue weighted by Crippen LogP contribution is -2.38. The summed E-state index contributed by atoms with van der Waals surface area (Å²) in [6.07, 6.45) is 0.802. The van der Waals surface area contributed by atoms with Crippen LogP contribution in [0.2, 0.25) is 0 Å². The average molecular weight is 453 g/mol. The highest BCUT2D eigenvalue weighted by atomic mass is 32.2. The number of rotatable bonds is 8. The van der Waals surface area contributed by atoms with Gasteiger partial charge in [-0.2, -0.15) is 4.31 Å². The molecule has 0 atom stereocenters. The molecule has 162 valence electrons. The van der Waals surface area contributed by atoms with Crippen molar-refractivity contribution in [2.45, 2.75) is 31.7 Å². The van der Waals surface area contributed by atoms with E-state index in [9.17, 15) is 23.3 Å². The molecule has 0 saturated carbocycles. The van der Waals surface area contributed by atoms with Gasteiger partial charge in [0.05, 0.1) is 16.4 Å². The van der Waals surface area contributed by atoms with Crippen LogP contribution in [0.4, 0.5) is 11.4 Å². The van der Waals surface area contributed by atoms with Crippen LogP contribution < -0.4 is 5.32 Å². The Hall–Kier alpha value is -2.50. The molecular weight excluding hydrogens is 428 g/mol. The van der Waals surface area contributed by atoms with E-state index in [1.807, 2.05) is 11.4 Å². The molecule has 30 heavy (non-hydrogen) atoms. The van der Waals surface area contributed by atoms with Gasteiger partial charge in [-0.3, -0.25) is 14.9 Å². The van der Waals surface area contributed by atoms with E-state index >= 15 is 0 Å². The van der Waals surface area contributed by atoms with Gasteiger partial charge in [0, 0.05) is 37.1 Å². The Morgan fingerprint density at radius 3 is 2.70 bits per heavy atom. The molecule has 1 aromatic carbocycles. The van der Waals surface area contributed by atoms with Crippen LogP contribution in [0.25, 0.3) is 0 Å². The van der Waals surface area contributed by atoms with Crippen molar-refractivity contribution in [2.24, 2.45) is 0 Å². The van der Waals surface area contributed by atoms with Gasteiger partial charge < -0.3 is 10.2 Å². The number of nitrogens with zero attached hydrogens (tertiary/aromatic N) is 3. The minimum Gasteiger partial charge on any atom is -0.371 e. The first-order valence-corrected chi connectivity index (χ1v) is 11.9. The Labute approximate surface area is 179 Å². The normalized spacial score (nSPS) is 13.9. The number of amides is 1. The number of carbonyl (C=O) groups excluding carboxylic acids is 1. The van der Waals surface area contributed by atoms with E-state index in [-0.39, 0.29) is 41.8 Å². The van der Waals surface area contributed by atoms with E-state index in [1.165, 1.54) is 21.3 Å². The molecule has 1 aliphatic heterocycles. The minimum absolute atomic E-state index is 0.109. The van der Waals surface area contributed by atoms with Crippen molar-refractivity contribution in [2.75, 3.05) is 31.5 Å². The highest BCUT2D eigenvalue weighted by Gasteiger charge is 2.26. The Balaban J connectivity index is 1.75. The van der Waals surface area contributed by atoms with E-state index in [0.29, 0.717) is 13.1 Å². The summed E-state index contributed by atoms with van der Waals surface area (Å²) in [6.45, 7) is 4.97. The van der Waals surface area contributed by atoms with Crippen LogP contribution in [0.1, 0.15) is 24.3 Å². The summed E-state index contributed by atoms with van der Waals surface area (Å²) < 4.78 is 26.5. The zero-order valence-corrected chi connectivity index (χ0v) is 18.5. The van der Waals surface area contributed by atoms with Gasteiger partial charge in [-0.25, -0.2) is 8.42 Å². The first kappa shape index (κ1) is 22.2. The fraction of sp³-hybridized carbons (Fsp3) is 0.421. The number of nitrogens with one attached hydrogen (secondary N) is 1. The molecule has 2 aromatic rings. The number of anilines is 1. The molecule has 0 unspecified atom stereocenters. The highest BCUT2D eigenvalue weighted by Crippen LogP contribution is 2.29. The molecule has 3 rings (SSSR count). The predicted octanol–water partition coefficient (Wildman–Crippen LogP) is 2.68. The molecule has 0 bridgehead atoms. The Kier molecular flexibility index (Phi) is 6.74. The molecule has 1 aromatic heterocycles. The number of fused-ring (bicyclic) bond motifs is 1. The van der Waals surface area contributed by atoms with Gasteiger partial charge in [0.1, 0.15) is 5.69 Å². The maximum absolute atomic E-state index is 12.7. The van der Waals surface area contributed by atoms with E-state index in [0.717, 1.165) is 18.1 Å². The van der Waals surface area contributed by atoms with Crippen LogP contribution in [0.5, 0.6) is 0 Å². The molecular formula is C19H24N4O5S2. The summed E-state index contributed by atoms with van der Waals surface area (Å²) in [6, 6.07) is 5.72. The third kappa shape index (κ3) is 4.47. The molecule has 1 amide bonds. The van der Waals surface area contributed by atoms with E-state index < -0.39 is 14.9 Å². The molecule has 11 heteroatoms. The van der Waals surface area contributed by atoms with E-state index in [4.69, 9.17) is 0 Å². The van der Waals surface area contributed by atoms with Crippen LogP contribution in [0.15, 0.2) is 34.5 Å². The van der Waals surface area contributed by atoms with Gasteiger partial charge in [-0.1, -0.05) is 13.8 Å². The lowest BCUT2D eigenvalue weighted by Gasteiger charge is -2.27. The fourth-order valence-electron chi connectivity index (χ4n) is 3.43. The number of hydrogen-bond acceptors (Lipinski definition) is 7. The summed E-state index contributed by atoms with van der Waals surface area (Å²) >= 11 is 1.68. The lowest BCUT2D eigenvalue weighted by molar-refractivity contribution is -0.384. The molecule has 9 nitrogen and oxygen atoms in total. The maximum Gasteiger partial charge on any atom is 0.293 e. The van der Waals surface area contributed by atoms with Crippen LogP contribution in [0, 0.1) is 10.1 Å². The summed E-state index contributed by atoms with van der Waals surface area (Å²) in [5, 5.41) is 16.3. The second kappa shape index (κ2) is 9.11. The Morgan fingerprint density at radius 1 is 1.30 bits per heavy atom. The van der Waals surface area contributed by atoms with E-state index in [2.05, 4.69) is 5.32 Å². The van der Waals surface area contributed by atoms with Crippen molar-refractivity contribution >= 4 is 38.6 Å². The molecule has 0 saturated heterocycles. The predicted molar refractivity (Wildman–Crippen MR) is 115 cm³/mol. The standard InChI is InChI=1S/C19H24N4O5S2/c1-3-22(4-2)30(27,28)15-5-6-16(17(11-15)23(25)26)20-12-19(24)21-9-7-18-14(13-21)8-10-29-18/h5-6,8,10-11,20H,3-4,7,9,12-13H2,1-2H3. The fourth-order valence-corrected chi connectivity index (χ4v) is 5.80. The van der Waals surface area contributed by atoms with Gasteiger partial charge in [0.2, 0.25) is 15.9 Å². The van der Waals surface area contributed by atoms with Crippen molar-refractivity contribution in [3.05, 3.63) is 50.2 Å². The van der Waals surface area contributed by atoms with Gasteiger partial charge in [-0.15, -0.1) is 11.3 Å². The monoisotopic (exact) mass is 452 g/mol. The quantitative estimate of drug-likeness (QED) is 0.487. The number of nitro benzene ring substituents is 1. The SMILES string of the molecule is CCN(CC)S(=O)(=O)c1ccc(NCC(=O)N2CCc3sccc3C2)c([N+](=O)[O-])c1. The molecule has 1 N–H and O–H groups in total. The van der Waals surface area contributed by atoms with Gasteiger partial charge in [0.15, 0.2) is 0 Å². The number of thiophene rings is 1. The van der Waals surface area contributed by atoms with Gasteiger partial charge >= 0.3 is 0 Å². The zero-order chi connectivity index (χ0) is 21.9. The number of nitro groups is 1. The molecule has 2 heterocycles. The first-order chi connectivity index (χ1) is 14.3. The molecule has 0 aliphatic carbocycles. The second-order valence-electron chi connectivity index (χ2n) is 6.81. The number of sulfonamides is 1. The minimum atomic E-state index is -3.82. The molecule has 1 aliphatic rings. The van der Waals surface area contributed by atoms with Gasteiger partial charge in [0.25, 0.3) is 5.69 Å². The smallest absolute Gasteiger partial charge is 0.293 e. The summed E-state index contributed by atoms with van der Waals surface area (Å²) in [7, 11) is -3.82. The zero-order valence-electron chi connectivity index (χ0n) is 16.8. The van der Waals surface area contributed by atoms with Crippen molar-refractivity contribution in [3.8, 4) is 0 Å². The third-order valence-electron chi connectivity index (χ3n) is 5.10. The lowest BCUT2D eigenvalue weighted by atomic mass is 10.1. The van der Waals surface area contributed by atoms with Crippen LogP contribution in [-0.2, 0) is 27.8 Å².